The molecule has 2 rings (SSSR count). The van der Waals surface area contributed by atoms with Gasteiger partial charge in [-0.3, -0.25) is 4.79 Å². The van der Waals surface area contributed by atoms with Gasteiger partial charge >= 0.3 is 5.97 Å². The van der Waals surface area contributed by atoms with Gasteiger partial charge in [-0.15, -0.1) is 0 Å². The first-order valence-electron chi connectivity index (χ1n) is 9.15. The van der Waals surface area contributed by atoms with Crippen molar-refractivity contribution in [2.24, 2.45) is 0 Å². The number of halogens is 1. The Bertz CT molecular complexity index is 714. The van der Waals surface area contributed by atoms with Crippen molar-refractivity contribution in [3.05, 3.63) is 71.8 Å². The van der Waals surface area contributed by atoms with Crippen LogP contribution in [0.3, 0.4) is 0 Å². The highest BCUT2D eigenvalue weighted by molar-refractivity contribution is 6.13. The number of benzene rings is 2. The molecule has 0 heterocycles. The Morgan fingerprint density at radius 2 is 1.85 bits per heavy atom. The molecule has 5 heteroatoms. The van der Waals surface area contributed by atoms with E-state index in [-0.39, 0.29) is 6.42 Å². The summed E-state index contributed by atoms with van der Waals surface area (Å²) < 4.78 is 9.90. The molecule has 0 aliphatic rings. The highest BCUT2D eigenvalue weighted by Gasteiger charge is 2.01. The largest absolute Gasteiger partial charge is 0.494 e. The summed E-state index contributed by atoms with van der Waals surface area (Å²) in [5.74, 6) is 0.460. The van der Waals surface area contributed by atoms with Gasteiger partial charge in [-0.05, 0) is 48.6 Å². The number of nitrogens with one attached hydrogen (secondary N) is 1. The predicted octanol–water partition coefficient (Wildman–Crippen LogP) is 4.78. The molecular weight excluding hydrogens is 362 g/mol. The minimum Gasteiger partial charge on any atom is -0.494 e. The number of carbonyl (C=O) groups is 1. The molecule has 0 aliphatic heterocycles. The molecule has 2 aromatic rings. The van der Waals surface area contributed by atoms with Crippen LogP contribution in [-0.4, -0.2) is 25.7 Å². The Hall–Kier alpha value is -2.30. The van der Waals surface area contributed by atoms with Gasteiger partial charge in [0, 0.05) is 13.1 Å². The Morgan fingerprint density at radius 1 is 1.11 bits per heavy atom. The molecule has 27 heavy (non-hydrogen) atoms. The molecule has 0 amide bonds. The number of hydrogen-bond acceptors (Lipinski definition) is 4. The van der Waals surface area contributed by atoms with Gasteiger partial charge < -0.3 is 14.3 Å². The van der Waals surface area contributed by atoms with Gasteiger partial charge in [-0.1, -0.05) is 48.5 Å². The van der Waals surface area contributed by atoms with Gasteiger partial charge in [0.2, 0.25) is 0 Å². The fourth-order valence-electron chi connectivity index (χ4n) is 2.60. The maximum absolute atomic E-state index is 10.9. The van der Waals surface area contributed by atoms with Gasteiger partial charge in [0.05, 0.1) is 13.0 Å². The summed E-state index contributed by atoms with van der Waals surface area (Å²) in [5, 5.41) is 3.15. The molecule has 0 fully saturated rings. The first-order chi connectivity index (χ1) is 13.2. The van der Waals surface area contributed by atoms with Crippen molar-refractivity contribution >= 4 is 23.4 Å². The van der Waals surface area contributed by atoms with Crippen LogP contribution in [0.2, 0.25) is 0 Å². The van der Waals surface area contributed by atoms with E-state index in [1.165, 1.54) is 5.56 Å². The zero-order valence-electron chi connectivity index (χ0n) is 15.6. The van der Waals surface area contributed by atoms with Crippen molar-refractivity contribution in [2.75, 3.05) is 19.7 Å². The van der Waals surface area contributed by atoms with E-state index in [1.807, 2.05) is 18.2 Å². The SMILES string of the molecule is C/C(=C/CNCCC(=O)OCl)c1ccc(OCCCc2ccccc2)cc1. The second-order valence-corrected chi connectivity index (χ2v) is 6.41. The number of aryl methyl sites for hydroxylation is 1. The molecule has 0 aliphatic carbocycles. The summed E-state index contributed by atoms with van der Waals surface area (Å²) >= 11 is 4.98. The van der Waals surface area contributed by atoms with Crippen LogP contribution in [0.25, 0.3) is 5.57 Å². The average Bonchev–Trinajstić information content (AvgIpc) is 2.71. The first kappa shape index (κ1) is 21.0. The highest BCUT2D eigenvalue weighted by atomic mass is 35.5. The summed E-state index contributed by atoms with van der Waals surface area (Å²) in [6.45, 7) is 3.98. The molecule has 4 nitrogen and oxygen atoms in total. The first-order valence-corrected chi connectivity index (χ1v) is 9.46. The lowest BCUT2D eigenvalue weighted by Crippen LogP contribution is -2.18. The smallest absolute Gasteiger partial charge is 0.326 e. The molecule has 0 unspecified atom stereocenters. The van der Waals surface area contributed by atoms with Crippen LogP contribution in [0.1, 0.15) is 30.9 Å². The number of allylic oxidation sites excluding steroid dienone is 1. The van der Waals surface area contributed by atoms with E-state index >= 15 is 0 Å². The normalized spacial score (nSPS) is 11.3. The third-order valence-corrected chi connectivity index (χ3v) is 4.35. The minimum absolute atomic E-state index is 0.257. The van der Waals surface area contributed by atoms with E-state index in [1.54, 1.807) is 0 Å². The number of hydrogen-bond donors (Lipinski definition) is 1. The maximum Gasteiger partial charge on any atom is 0.326 e. The average molecular weight is 388 g/mol. The number of carbonyl (C=O) groups excluding carboxylic acids is 1. The zero-order chi connectivity index (χ0) is 19.3. The fourth-order valence-corrected chi connectivity index (χ4v) is 2.68. The van der Waals surface area contributed by atoms with Crippen LogP contribution in [0.5, 0.6) is 5.75 Å². The van der Waals surface area contributed by atoms with Crippen LogP contribution >= 0.6 is 11.9 Å². The van der Waals surface area contributed by atoms with Crippen molar-refractivity contribution < 1.29 is 13.8 Å². The Kier molecular flexibility index (Phi) is 9.45. The quantitative estimate of drug-likeness (QED) is 0.564. The van der Waals surface area contributed by atoms with Crippen LogP contribution < -0.4 is 10.1 Å². The molecule has 2 aromatic carbocycles. The number of rotatable bonds is 11. The van der Waals surface area contributed by atoms with Gasteiger partial charge in [-0.25, -0.2) is 0 Å². The van der Waals surface area contributed by atoms with Crippen LogP contribution in [0.4, 0.5) is 0 Å². The van der Waals surface area contributed by atoms with Crippen LogP contribution in [0.15, 0.2) is 60.7 Å². The van der Waals surface area contributed by atoms with E-state index < -0.39 is 5.97 Å². The third-order valence-electron chi connectivity index (χ3n) is 4.18. The Labute approximate surface area is 166 Å². The minimum atomic E-state index is -0.427. The van der Waals surface area contributed by atoms with Crippen molar-refractivity contribution in [2.45, 2.75) is 26.2 Å². The van der Waals surface area contributed by atoms with Gasteiger partial charge in [0.15, 0.2) is 0 Å². The van der Waals surface area contributed by atoms with Crippen molar-refractivity contribution in [3.63, 3.8) is 0 Å². The molecule has 0 aromatic heterocycles. The monoisotopic (exact) mass is 387 g/mol. The molecular formula is C22H26ClNO3. The lowest BCUT2D eigenvalue weighted by Gasteiger charge is -2.08. The summed E-state index contributed by atoms with van der Waals surface area (Å²) in [6.07, 6.45) is 4.36. The molecule has 1 N–H and O–H groups in total. The summed E-state index contributed by atoms with van der Waals surface area (Å²) in [5.41, 5.74) is 3.65. The third kappa shape index (κ3) is 8.29. The van der Waals surface area contributed by atoms with E-state index in [0.29, 0.717) is 19.7 Å². The van der Waals surface area contributed by atoms with E-state index in [4.69, 9.17) is 16.6 Å². The molecule has 0 bridgehead atoms. The molecule has 0 atom stereocenters. The van der Waals surface area contributed by atoms with Crippen molar-refractivity contribution in [3.8, 4) is 5.75 Å². The highest BCUT2D eigenvalue weighted by Crippen LogP contribution is 2.18. The maximum atomic E-state index is 10.9. The van der Waals surface area contributed by atoms with Crippen LogP contribution in [-0.2, 0) is 15.5 Å². The molecule has 0 saturated carbocycles. The molecule has 0 spiro atoms. The Morgan fingerprint density at radius 3 is 2.56 bits per heavy atom. The van der Waals surface area contributed by atoms with E-state index in [9.17, 15) is 4.79 Å². The fraction of sp³-hybridized carbons (Fsp3) is 0.318. The van der Waals surface area contributed by atoms with Crippen LogP contribution in [0, 0.1) is 0 Å². The van der Waals surface area contributed by atoms with E-state index in [2.05, 4.69) is 59.0 Å². The summed E-state index contributed by atoms with van der Waals surface area (Å²) in [6, 6.07) is 18.6. The standard InChI is InChI=1S/C22H26ClNO3/c1-18(13-15-24-16-14-22(25)27-23)20-9-11-21(12-10-20)26-17-5-8-19-6-3-2-4-7-19/h2-4,6-7,9-13,24H,5,8,14-17H2,1H3/b18-13-. The molecule has 0 radical (unpaired) electrons. The topological polar surface area (TPSA) is 47.6 Å². The van der Waals surface area contributed by atoms with Gasteiger partial charge in [0.25, 0.3) is 0 Å². The zero-order valence-corrected chi connectivity index (χ0v) is 16.4. The van der Waals surface area contributed by atoms with Gasteiger partial charge in [0.1, 0.15) is 17.6 Å². The lowest BCUT2D eigenvalue weighted by molar-refractivity contribution is -0.133. The summed E-state index contributed by atoms with van der Waals surface area (Å²) in [4.78, 5) is 10.9. The second kappa shape index (κ2) is 12.2. The lowest BCUT2D eigenvalue weighted by atomic mass is 10.1. The van der Waals surface area contributed by atoms with Crippen molar-refractivity contribution in [1.82, 2.24) is 5.32 Å². The second-order valence-electron chi connectivity index (χ2n) is 6.25. The number of ether oxygens (including phenoxy) is 1. The van der Waals surface area contributed by atoms with Crippen molar-refractivity contribution in [1.29, 1.82) is 0 Å². The van der Waals surface area contributed by atoms with Gasteiger partial charge in [-0.2, -0.15) is 0 Å². The molecule has 0 saturated heterocycles. The Balaban J connectivity index is 1.68. The van der Waals surface area contributed by atoms with E-state index in [0.717, 1.165) is 29.7 Å². The summed E-state index contributed by atoms with van der Waals surface area (Å²) in [7, 11) is 0. The molecule has 144 valence electrons. The predicted molar refractivity (Wildman–Crippen MR) is 110 cm³/mol.